The van der Waals surface area contributed by atoms with Crippen LogP contribution in [-0.4, -0.2) is 20.1 Å². The van der Waals surface area contributed by atoms with Crippen molar-refractivity contribution >= 4 is 26.5 Å². The molecule has 0 heterocycles. The Labute approximate surface area is 221 Å². The first-order valence-corrected chi connectivity index (χ1v) is 15.3. The quantitative estimate of drug-likeness (QED) is 0.313. The minimum Gasteiger partial charge on any atom is -0.501 e. The van der Waals surface area contributed by atoms with Gasteiger partial charge in [0.25, 0.3) is 0 Å². The number of sulfonamides is 1. The van der Waals surface area contributed by atoms with Gasteiger partial charge in [-0.05, 0) is 85.2 Å². The maximum absolute atomic E-state index is 13.6. The fourth-order valence-corrected chi connectivity index (χ4v) is 9.49. The third-order valence-electron chi connectivity index (χ3n) is 10.3. The van der Waals surface area contributed by atoms with Crippen molar-refractivity contribution in [2.24, 2.45) is 34.5 Å². The SMILES string of the molecule is CC(C)C1CC[C@@H]2C(=CCC3[C@@](C)(CNS(=O)(=O)c4cccc5c(O)c([N+]#N)ccc45)CCC[C@@]32C)C1. The van der Waals surface area contributed by atoms with Crippen LogP contribution in [0.25, 0.3) is 15.7 Å². The van der Waals surface area contributed by atoms with Crippen LogP contribution in [0.5, 0.6) is 5.75 Å². The molecule has 7 heteroatoms. The van der Waals surface area contributed by atoms with Crippen LogP contribution >= 0.6 is 0 Å². The van der Waals surface area contributed by atoms with E-state index in [1.54, 1.807) is 29.8 Å². The summed E-state index contributed by atoms with van der Waals surface area (Å²) in [6.07, 6.45) is 10.7. The van der Waals surface area contributed by atoms with Crippen LogP contribution in [0.1, 0.15) is 72.6 Å². The fourth-order valence-electron chi connectivity index (χ4n) is 8.08. The molecule has 2 aromatic carbocycles. The Kier molecular flexibility index (Phi) is 6.65. The zero-order valence-electron chi connectivity index (χ0n) is 22.5. The molecule has 0 saturated heterocycles. The summed E-state index contributed by atoms with van der Waals surface area (Å²) >= 11 is 0. The van der Waals surface area contributed by atoms with E-state index in [-0.39, 0.29) is 27.2 Å². The van der Waals surface area contributed by atoms with Crippen LogP contribution in [0.15, 0.2) is 46.9 Å². The normalized spacial score (nSPS) is 31.9. The molecule has 3 aliphatic carbocycles. The number of phenolic OH excluding ortho intramolecular Hbond substituents is 1. The molecule has 3 aliphatic rings. The Hall–Kier alpha value is -2.43. The van der Waals surface area contributed by atoms with E-state index in [1.165, 1.54) is 31.7 Å². The molecule has 2 N–H and O–H groups in total. The predicted molar refractivity (Wildman–Crippen MR) is 147 cm³/mol. The molecule has 0 bridgehead atoms. The summed E-state index contributed by atoms with van der Waals surface area (Å²) in [6, 6.07) is 7.81. The van der Waals surface area contributed by atoms with E-state index in [9.17, 15) is 13.5 Å². The second kappa shape index (κ2) is 9.39. The Morgan fingerprint density at radius 2 is 1.92 bits per heavy atom. The number of rotatable bonds is 5. The lowest BCUT2D eigenvalue weighted by atomic mass is 9.46. The minimum absolute atomic E-state index is 0.0103. The van der Waals surface area contributed by atoms with Crippen molar-refractivity contribution in [3.8, 4) is 5.75 Å². The van der Waals surface area contributed by atoms with Crippen molar-refractivity contribution in [3.63, 3.8) is 0 Å². The molecule has 5 rings (SSSR count). The molecule has 2 fully saturated rings. The minimum atomic E-state index is -3.83. The van der Waals surface area contributed by atoms with Crippen molar-refractivity contribution in [1.29, 1.82) is 5.39 Å². The second-order valence-electron chi connectivity index (χ2n) is 12.6. The van der Waals surface area contributed by atoms with E-state index in [4.69, 9.17) is 5.39 Å². The molecular formula is C30H40N3O3S+. The van der Waals surface area contributed by atoms with Crippen LogP contribution in [0.2, 0.25) is 0 Å². The number of diazo groups is 1. The monoisotopic (exact) mass is 522 g/mol. The predicted octanol–water partition coefficient (Wildman–Crippen LogP) is 7.52. The van der Waals surface area contributed by atoms with Crippen molar-refractivity contribution in [2.45, 2.75) is 77.5 Å². The average Bonchev–Trinajstić information content (AvgIpc) is 2.87. The van der Waals surface area contributed by atoms with Gasteiger partial charge in [-0.15, -0.1) is 0 Å². The molecule has 37 heavy (non-hydrogen) atoms. The number of aromatic hydroxyl groups is 1. The lowest BCUT2D eigenvalue weighted by Gasteiger charge is -2.59. The number of phenols is 1. The summed E-state index contributed by atoms with van der Waals surface area (Å²) in [6.45, 7) is 9.85. The number of allylic oxidation sites excluding steroid dienone is 2. The molecular weight excluding hydrogens is 482 g/mol. The molecule has 0 amide bonds. The van der Waals surface area contributed by atoms with E-state index < -0.39 is 10.0 Å². The van der Waals surface area contributed by atoms with Crippen molar-refractivity contribution < 1.29 is 13.5 Å². The zero-order valence-corrected chi connectivity index (χ0v) is 23.3. The first-order valence-electron chi connectivity index (χ1n) is 13.8. The average molecular weight is 523 g/mol. The Morgan fingerprint density at radius 3 is 2.65 bits per heavy atom. The highest BCUT2D eigenvalue weighted by Crippen LogP contribution is 2.62. The molecule has 0 spiro atoms. The van der Waals surface area contributed by atoms with Gasteiger partial charge in [-0.2, -0.15) is 0 Å². The van der Waals surface area contributed by atoms with E-state index in [1.807, 2.05) is 0 Å². The summed E-state index contributed by atoms with van der Waals surface area (Å²) in [5.41, 5.74) is 1.75. The van der Waals surface area contributed by atoms with Gasteiger partial charge in [0.05, 0.1) is 4.90 Å². The second-order valence-corrected chi connectivity index (χ2v) is 14.4. The zero-order chi connectivity index (χ0) is 26.6. The Balaban J connectivity index is 1.41. The van der Waals surface area contributed by atoms with E-state index in [2.05, 4.69) is 43.5 Å². The lowest BCUT2D eigenvalue weighted by Crippen LogP contribution is -2.54. The molecule has 2 aromatic rings. The number of hydrogen-bond donors (Lipinski definition) is 2. The van der Waals surface area contributed by atoms with Gasteiger partial charge in [-0.1, -0.05) is 57.9 Å². The first kappa shape index (κ1) is 26.2. The van der Waals surface area contributed by atoms with Crippen LogP contribution in [-0.2, 0) is 10.0 Å². The highest BCUT2D eigenvalue weighted by atomic mass is 32.2. The third kappa shape index (κ3) is 4.36. The van der Waals surface area contributed by atoms with Crippen LogP contribution in [0.4, 0.5) is 5.69 Å². The largest absolute Gasteiger partial charge is 0.501 e. The third-order valence-corrected chi connectivity index (χ3v) is 11.7. The smallest absolute Gasteiger partial charge is 0.426 e. The molecule has 0 radical (unpaired) electrons. The van der Waals surface area contributed by atoms with Crippen molar-refractivity contribution in [3.05, 3.63) is 47.0 Å². The van der Waals surface area contributed by atoms with Crippen molar-refractivity contribution in [1.82, 2.24) is 4.72 Å². The Morgan fingerprint density at radius 1 is 1.14 bits per heavy atom. The topological polar surface area (TPSA) is 94.6 Å². The molecule has 2 unspecified atom stereocenters. The summed E-state index contributed by atoms with van der Waals surface area (Å²) in [5.74, 6) is 2.32. The van der Waals surface area contributed by atoms with E-state index in [0.29, 0.717) is 29.2 Å². The maximum Gasteiger partial charge on any atom is 0.426 e. The number of hydrogen-bond acceptors (Lipinski definition) is 4. The van der Waals surface area contributed by atoms with Gasteiger partial charge in [0, 0.05) is 23.4 Å². The molecule has 0 aromatic heterocycles. The van der Waals surface area contributed by atoms with Gasteiger partial charge in [-0.25, -0.2) is 13.1 Å². The van der Waals surface area contributed by atoms with E-state index in [0.717, 1.165) is 31.1 Å². The summed E-state index contributed by atoms with van der Waals surface area (Å²) in [4.78, 5) is 3.21. The number of fused-ring (bicyclic) bond motifs is 4. The highest BCUT2D eigenvalue weighted by molar-refractivity contribution is 7.89. The lowest BCUT2D eigenvalue weighted by molar-refractivity contribution is -0.0538. The Bertz CT molecular complexity index is 1390. The van der Waals surface area contributed by atoms with Gasteiger partial charge in [0.1, 0.15) is 0 Å². The highest BCUT2D eigenvalue weighted by Gasteiger charge is 2.55. The van der Waals surface area contributed by atoms with Gasteiger partial charge >= 0.3 is 5.69 Å². The van der Waals surface area contributed by atoms with Crippen LogP contribution in [0, 0.1) is 39.9 Å². The van der Waals surface area contributed by atoms with Crippen LogP contribution < -0.4 is 4.72 Å². The summed E-state index contributed by atoms with van der Waals surface area (Å²) in [7, 11) is -3.83. The van der Waals surface area contributed by atoms with Gasteiger partial charge < -0.3 is 5.11 Å². The van der Waals surface area contributed by atoms with Crippen molar-refractivity contribution in [2.75, 3.05) is 6.54 Å². The molecule has 198 valence electrons. The molecule has 6 nitrogen and oxygen atoms in total. The summed E-state index contributed by atoms with van der Waals surface area (Å²) in [5, 5.41) is 20.3. The fraction of sp³-hybridized carbons (Fsp3) is 0.600. The number of benzene rings is 2. The van der Waals surface area contributed by atoms with Gasteiger partial charge in [-0.3, -0.25) is 0 Å². The molecule has 5 atom stereocenters. The molecule has 2 saturated carbocycles. The maximum atomic E-state index is 13.6. The molecule has 0 aliphatic heterocycles. The summed E-state index contributed by atoms with van der Waals surface area (Å²) < 4.78 is 30.1. The van der Waals surface area contributed by atoms with Crippen LogP contribution in [0.3, 0.4) is 0 Å². The van der Waals surface area contributed by atoms with E-state index >= 15 is 0 Å². The number of nitrogens with one attached hydrogen (secondary N) is 1. The van der Waals surface area contributed by atoms with Gasteiger partial charge in [0.2, 0.25) is 21.2 Å². The van der Waals surface area contributed by atoms with Gasteiger partial charge in [0.15, 0.2) is 4.98 Å². The first-order chi connectivity index (χ1) is 17.5. The number of nitrogens with zero attached hydrogens (tertiary/aromatic N) is 2. The standard InChI is InChI=1S/C30H39N3O3S/c1-19(2)20-9-12-24-21(17-20)10-14-27-29(3,15-6-16-30(24,27)4)18-32-37(35,36)26-8-5-7-23-22(26)11-13-25(33-31)28(23)34/h5,7-8,10-11,13,19-20,24,27,32H,6,9,12,14-18H2,1-4H3/p+1/t20?,24-,27?,29-,30-/m1/s1.